The van der Waals surface area contributed by atoms with Crippen molar-refractivity contribution in [3.05, 3.63) is 23.9 Å². The van der Waals surface area contributed by atoms with Crippen LogP contribution in [0.15, 0.2) is 18.3 Å². The molecule has 0 aliphatic carbocycles. The van der Waals surface area contributed by atoms with Gasteiger partial charge in [-0.05, 0) is 31.9 Å². The number of hydrogen-bond donors (Lipinski definition) is 1. The summed E-state index contributed by atoms with van der Waals surface area (Å²) in [4.78, 5) is 28.9. The van der Waals surface area contributed by atoms with Crippen LogP contribution in [0.5, 0.6) is 0 Å². The highest BCUT2D eigenvalue weighted by Gasteiger charge is 2.37. The van der Waals surface area contributed by atoms with Crippen LogP contribution in [-0.4, -0.2) is 42.2 Å². The number of carbonyl (C=O) groups excluding carboxylic acids is 1. The second kappa shape index (κ2) is 5.48. The van der Waals surface area contributed by atoms with E-state index in [-0.39, 0.29) is 0 Å². The summed E-state index contributed by atoms with van der Waals surface area (Å²) < 4.78 is 4.68. The molecule has 0 atom stereocenters. The first-order chi connectivity index (χ1) is 9.46. The van der Waals surface area contributed by atoms with E-state index in [9.17, 15) is 14.7 Å². The zero-order chi connectivity index (χ0) is 14.8. The highest BCUT2D eigenvalue weighted by Crippen LogP contribution is 2.32. The van der Waals surface area contributed by atoms with Crippen molar-refractivity contribution in [1.82, 2.24) is 4.98 Å². The molecule has 108 valence electrons. The van der Waals surface area contributed by atoms with Gasteiger partial charge >= 0.3 is 11.9 Å². The number of rotatable bonds is 3. The molecule has 0 radical (unpaired) electrons. The van der Waals surface area contributed by atoms with Crippen LogP contribution in [0.4, 0.5) is 5.82 Å². The minimum atomic E-state index is -0.756. The fraction of sp³-hybridized carbons (Fsp3) is 0.500. The van der Waals surface area contributed by atoms with Crippen molar-refractivity contribution in [2.45, 2.75) is 19.8 Å². The summed E-state index contributed by atoms with van der Waals surface area (Å²) in [6, 6.07) is 3.27. The molecule has 0 aromatic carbocycles. The number of aliphatic carboxylic acids is 1. The van der Waals surface area contributed by atoms with E-state index in [0.717, 1.165) is 0 Å². The Labute approximate surface area is 117 Å². The number of nitrogens with zero attached hydrogens (tertiary/aromatic N) is 2. The molecule has 1 aromatic heterocycles. The number of methoxy groups -OCH3 is 1. The van der Waals surface area contributed by atoms with Gasteiger partial charge in [0.05, 0.1) is 18.1 Å². The molecule has 0 amide bonds. The van der Waals surface area contributed by atoms with Gasteiger partial charge in [-0.3, -0.25) is 4.79 Å². The molecule has 0 unspecified atom stereocenters. The van der Waals surface area contributed by atoms with Crippen molar-refractivity contribution in [2.24, 2.45) is 5.41 Å². The fourth-order valence-corrected chi connectivity index (χ4v) is 2.28. The molecule has 6 nitrogen and oxygen atoms in total. The molecule has 2 heterocycles. The van der Waals surface area contributed by atoms with E-state index >= 15 is 0 Å². The van der Waals surface area contributed by atoms with E-state index in [4.69, 9.17) is 0 Å². The number of carboxylic acids is 1. The zero-order valence-corrected chi connectivity index (χ0v) is 11.6. The Bertz CT molecular complexity index is 522. The molecular weight excluding hydrogens is 260 g/mol. The van der Waals surface area contributed by atoms with E-state index in [0.29, 0.717) is 37.3 Å². The van der Waals surface area contributed by atoms with Crippen LogP contribution >= 0.6 is 0 Å². The lowest BCUT2D eigenvalue weighted by molar-refractivity contribution is -0.149. The van der Waals surface area contributed by atoms with Gasteiger partial charge in [-0.2, -0.15) is 0 Å². The maximum absolute atomic E-state index is 11.5. The van der Waals surface area contributed by atoms with Gasteiger partial charge in [-0.1, -0.05) is 0 Å². The molecule has 1 aliphatic heterocycles. The minimum Gasteiger partial charge on any atom is -0.481 e. The standard InChI is InChI=1S/C14H18N2O4/c1-14(13(18)19)4-7-16(8-5-14)11-9-10(3-6-15-11)12(17)20-2/h3,6,9H,4-5,7-8H2,1-2H3,(H,18,19). The molecule has 0 saturated carbocycles. The topological polar surface area (TPSA) is 79.7 Å². The number of esters is 1. The van der Waals surface area contributed by atoms with Crippen molar-refractivity contribution in [3.63, 3.8) is 0 Å². The number of ether oxygens (including phenoxy) is 1. The van der Waals surface area contributed by atoms with Gasteiger partial charge in [0.25, 0.3) is 0 Å². The molecule has 1 N–H and O–H groups in total. The summed E-state index contributed by atoms with van der Waals surface area (Å²) in [5, 5.41) is 9.21. The van der Waals surface area contributed by atoms with Gasteiger partial charge in [0, 0.05) is 19.3 Å². The molecule has 0 spiro atoms. The summed E-state index contributed by atoms with van der Waals surface area (Å²) in [5.41, 5.74) is -0.222. The van der Waals surface area contributed by atoms with E-state index in [1.54, 1.807) is 25.3 Å². The molecule has 1 fully saturated rings. The second-order valence-electron chi connectivity index (χ2n) is 5.25. The molecule has 1 aliphatic rings. The third-order valence-electron chi connectivity index (χ3n) is 3.87. The van der Waals surface area contributed by atoms with Crippen LogP contribution in [0, 0.1) is 5.41 Å². The Morgan fingerprint density at radius 1 is 1.40 bits per heavy atom. The number of pyridine rings is 1. The van der Waals surface area contributed by atoms with Crippen LogP contribution in [0.25, 0.3) is 0 Å². The maximum Gasteiger partial charge on any atom is 0.338 e. The monoisotopic (exact) mass is 278 g/mol. The van der Waals surface area contributed by atoms with Gasteiger partial charge < -0.3 is 14.7 Å². The first-order valence-electron chi connectivity index (χ1n) is 6.49. The van der Waals surface area contributed by atoms with Crippen molar-refractivity contribution < 1.29 is 19.4 Å². The van der Waals surface area contributed by atoms with Crippen LogP contribution in [-0.2, 0) is 9.53 Å². The summed E-state index contributed by atoms with van der Waals surface area (Å²) in [6.45, 7) is 2.99. The van der Waals surface area contributed by atoms with Gasteiger partial charge in [0.1, 0.15) is 5.82 Å². The van der Waals surface area contributed by atoms with Crippen molar-refractivity contribution >= 4 is 17.8 Å². The predicted molar refractivity (Wildman–Crippen MR) is 72.8 cm³/mol. The Morgan fingerprint density at radius 2 is 2.05 bits per heavy atom. The Hall–Kier alpha value is -2.11. The average molecular weight is 278 g/mol. The highest BCUT2D eigenvalue weighted by atomic mass is 16.5. The molecule has 0 bridgehead atoms. The van der Waals surface area contributed by atoms with E-state index < -0.39 is 17.4 Å². The fourth-order valence-electron chi connectivity index (χ4n) is 2.28. The molecule has 1 saturated heterocycles. The lowest BCUT2D eigenvalue weighted by Gasteiger charge is -2.37. The second-order valence-corrected chi connectivity index (χ2v) is 5.25. The van der Waals surface area contributed by atoms with E-state index in [1.807, 2.05) is 4.90 Å². The van der Waals surface area contributed by atoms with Crippen molar-refractivity contribution in [1.29, 1.82) is 0 Å². The highest BCUT2D eigenvalue weighted by molar-refractivity contribution is 5.90. The largest absolute Gasteiger partial charge is 0.481 e. The molecule has 20 heavy (non-hydrogen) atoms. The third kappa shape index (κ3) is 2.74. The average Bonchev–Trinajstić information content (AvgIpc) is 2.47. The van der Waals surface area contributed by atoms with E-state index in [2.05, 4.69) is 9.72 Å². The number of anilines is 1. The number of aromatic nitrogens is 1. The van der Waals surface area contributed by atoms with Crippen molar-refractivity contribution in [3.8, 4) is 0 Å². The SMILES string of the molecule is COC(=O)c1ccnc(N2CCC(C)(C(=O)O)CC2)c1. The molecule has 2 rings (SSSR count). The van der Waals surface area contributed by atoms with Crippen molar-refractivity contribution in [2.75, 3.05) is 25.1 Å². The minimum absolute atomic E-state index is 0.402. The van der Waals surface area contributed by atoms with Crippen LogP contribution in [0.3, 0.4) is 0 Å². The first-order valence-corrected chi connectivity index (χ1v) is 6.49. The number of carboxylic acid groups (broad SMARTS) is 1. The van der Waals surface area contributed by atoms with Crippen LogP contribution < -0.4 is 4.90 Å². The van der Waals surface area contributed by atoms with E-state index in [1.165, 1.54) is 7.11 Å². The summed E-state index contributed by atoms with van der Waals surface area (Å²) in [7, 11) is 1.33. The Kier molecular flexibility index (Phi) is 3.92. The van der Waals surface area contributed by atoms with Crippen LogP contribution in [0.1, 0.15) is 30.1 Å². The maximum atomic E-state index is 11.5. The van der Waals surface area contributed by atoms with Gasteiger partial charge in [0.15, 0.2) is 0 Å². The smallest absolute Gasteiger partial charge is 0.338 e. The Morgan fingerprint density at radius 3 is 2.60 bits per heavy atom. The third-order valence-corrected chi connectivity index (χ3v) is 3.87. The van der Waals surface area contributed by atoms with Gasteiger partial charge in [-0.15, -0.1) is 0 Å². The Balaban J connectivity index is 2.11. The van der Waals surface area contributed by atoms with Gasteiger partial charge in [0.2, 0.25) is 0 Å². The zero-order valence-electron chi connectivity index (χ0n) is 11.6. The number of carbonyl (C=O) groups is 2. The first kappa shape index (κ1) is 14.3. The summed E-state index contributed by atoms with van der Waals surface area (Å²) in [6.07, 6.45) is 2.69. The number of piperidine rings is 1. The molecule has 6 heteroatoms. The number of hydrogen-bond acceptors (Lipinski definition) is 5. The normalized spacial score (nSPS) is 17.6. The van der Waals surface area contributed by atoms with Crippen LogP contribution in [0.2, 0.25) is 0 Å². The quantitative estimate of drug-likeness (QED) is 0.845. The molecular formula is C14H18N2O4. The molecule has 1 aromatic rings. The predicted octanol–water partition coefficient (Wildman–Crippen LogP) is 1.56. The lowest BCUT2D eigenvalue weighted by Crippen LogP contribution is -2.43. The summed E-state index contributed by atoms with van der Waals surface area (Å²) in [5.74, 6) is -0.477. The summed E-state index contributed by atoms with van der Waals surface area (Å²) >= 11 is 0. The van der Waals surface area contributed by atoms with Gasteiger partial charge in [-0.25, -0.2) is 9.78 Å². The lowest BCUT2D eigenvalue weighted by atomic mass is 9.80.